The fraction of sp³-hybridized carbons (Fsp3) is 0.750. The van der Waals surface area contributed by atoms with Gasteiger partial charge in [0.1, 0.15) is 17.5 Å². The van der Waals surface area contributed by atoms with Crippen LogP contribution in [0.1, 0.15) is 58.3 Å². The Morgan fingerprint density at radius 2 is 1.76 bits per heavy atom. The van der Waals surface area contributed by atoms with Gasteiger partial charge in [-0.25, -0.2) is 9.97 Å². The van der Waals surface area contributed by atoms with Crippen LogP contribution in [0, 0.1) is 6.92 Å². The van der Waals surface area contributed by atoms with E-state index < -0.39 is 0 Å². The number of anilines is 2. The number of nitrogens with one attached hydrogen (secondary N) is 2. The first-order valence-corrected chi connectivity index (χ1v) is 7.96. The molecule has 1 aromatic rings. The molecule has 0 bridgehead atoms. The minimum absolute atomic E-state index is 0.220. The zero-order valence-electron chi connectivity index (χ0n) is 14.3. The molecule has 0 saturated carbocycles. The Kier molecular flexibility index (Phi) is 7.43. The largest absolute Gasteiger partial charge is 0.380 e. The Balaban J connectivity index is 2.96. The Morgan fingerprint density at radius 3 is 2.33 bits per heavy atom. The lowest BCUT2D eigenvalue weighted by molar-refractivity contribution is 0.141. The third-order valence-corrected chi connectivity index (χ3v) is 3.18. The number of nitrogens with zero attached hydrogens (tertiary/aromatic N) is 2. The summed E-state index contributed by atoms with van der Waals surface area (Å²) in [6.07, 6.45) is 1.07. The molecule has 2 N–H and O–H groups in total. The van der Waals surface area contributed by atoms with Gasteiger partial charge in [-0.3, -0.25) is 0 Å². The third kappa shape index (κ3) is 5.50. The van der Waals surface area contributed by atoms with Gasteiger partial charge in [0.05, 0.1) is 6.61 Å². The first kappa shape index (κ1) is 17.7. The lowest BCUT2D eigenvalue weighted by Gasteiger charge is -2.19. The van der Waals surface area contributed by atoms with Crippen LogP contribution in [-0.2, 0) is 4.74 Å². The average molecular weight is 294 g/mol. The minimum atomic E-state index is 0.220. The minimum Gasteiger partial charge on any atom is -0.380 e. The molecule has 1 unspecified atom stereocenters. The maximum absolute atomic E-state index is 5.46. The maximum atomic E-state index is 5.46. The van der Waals surface area contributed by atoms with E-state index in [9.17, 15) is 0 Å². The topological polar surface area (TPSA) is 59.1 Å². The summed E-state index contributed by atoms with van der Waals surface area (Å²) >= 11 is 0. The molecule has 1 aromatic heterocycles. The quantitative estimate of drug-likeness (QED) is 0.729. The predicted molar refractivity (Wildman–Crippen MR) is 89.2 cm³/mol. The molecule has 5 nitrogen and oxygen atoms in total. The van der Waals surface area contributed by atoms with Crippen molar-refractivity contribution < 1.29 is 4.74 Å². The van der Waals surface area contributed by atoms with Gasteiger partial charge in [0.25, 0.3) is 0 Å². The molecule has 21 heavy (non-hydrogen) atoms. The summed E-state index contributed by atoms with van der Waals surface area (Å²) in [4.78, 5) is 9.32. The normalized spacial score (nSPS) is 12.5. The van der Waals surface area contributed by atoms with Crippen LogP contribution in [0.3, 0.4) is 0 Å². The first-order chi connectivity index (χ1) is 9.99. The van der Waals surface area contributed by atoms with E-state index in [1.54, 1.807) is 0 Å². The third-order valence-electron chi connectivity index (χ3n) is 3.18. The molecule has 5 heteroatoms. The highest BCUT2D eigenvalue weighted by atomic mass is 16.5. The van der Waals surface area contributed by atoms with E-state index in [1.807, 2.05) is 6.92 Å². The van der Waals surface area contributed by atoms with Crippen LogP contribution in [0.5, 0.6) is 0 Å². The van der Waals surface area contributed by atoms with Gasteiger partial charge < -0.3 is 15.4 Å². The average Bonchev–Trinajstić information content (AvgIpc) is 2.45. The van der Waals surface area contributed by atoms with Crippen molar-refractivity contribution in [1.82, 2.24) is 9.97 Å². The van der Waals surface area contributed by atoms with Crippen LogP contribution in [0.2, 0.25) is 0 Å². The number of ether oxygens (including phenoxy) is 1. The van der Waals surface area contributed by atoms with Crippen LogP contribution >= 0.6 is 0 Å². The van der Waals surface area contributed by atoms with E-state index >= 15 is 0 Å². The number of hydrogen-bond acceptors (Lipinski definition) is 5. The van der Waals surface area contributed by atoms with Crippen LogP contribution in [0.25, 0.3) is 0 Å². The molecule has 0 fully saturated rings. The van der Waals surface area contributed by atoms with Crippen molar-refractivity contribution in [1.29, 1.82) is 0 Å². The zero-order chi connectivity index (χ0) is 15.8. The molecule has 0 radical (unpaired) electrons. The van der Waals surface area contributed by atoms with Crippen molar-refractivity contribution in [3.05, 3.63) is 11.4 Å². The second-order valence-electron chi connectivity index (χ2n) is 5.69. The molecule has 0 aromatic carbocycles. The van der Waals surface area contributed by atoms with Crippen molar-refractivity contribution in [2.45, 2.75) is 59.9 Å². The van der Waals surface area contributed by atoms with Crippen molar-refractivity contribution >= 4 is 11.6 Å². The smallest absolute Gasteiger partial charge is 0.135 e. The lowest BCUT2D eigenvalue weighted by atomic mass is 10.2. The molecular formula is C16H30N4O. The van der Waals surface area contributed by atoms with Gasteiger partial charge >= 0.3 is 0 Å². The monoisotopic (exact) mass is 294 g/mol. The highest BCUT2D eigenvalue weighted by Crippen LogP contribution is 2.23. The van der Waals surface area contributed by atoms with Crippen molar-refractivity contribution in [2.24, 2.45) is 0 Å². The van der Waals surface area contributed by atoms with E-state index in [4.69, 9.17) is 4.74 Å². The number of aromatic nitrogens is 2. The zero-order valence-corrected chi connectivity index (χ0v) is 14.3. The van der Waals surface area contributed by atoms with E-state index in [1.165, 1.54) is 0 Å². The van der Waals surface area contributed by atoms with Crippen LogP contribution in [-0.4, -0.2) is 35.8 Å². The van der Waals surface area contributed by atoms with Crippen molar-refractivity contribution in [3.63, 3.8) is 0 Å². The van der Waals surface area contributed by atoms with E-state index in [0.717, 1.165) is 42.6 Å². The van der Waals surface area contributed by atoms with Gasteiger partial charge in [-0.1, -0.05) is 20.8 Å². The second-order valence-corrected chi connectivity index (χ2v) is 5.69. The van der Waals surface area contributed by atoms with Crippen LogP contribution in [0.15, 0.2) is 0 Å². The molecule has 1 atom stereocenters. The Hall–Kier alpha value is -1.36. The van der Waals surface area contributed by atoms with Gasteiger partial charge in [0.2, 0.25) is 0 Å². The molecule has 0 saturated heterocycles. The highest BCUT2D eigenvalue weighted by Gasteiger charge is 2.14. The van der Waals surface area contributed by atoms with Crippen LogP contribution < -0.4 is 10.6 Å². The lowest BCUT2D eigenvalue weighted by Crippen LogP contribution is -2.24. The molecule has 0 aliphatic heterocycles. The summed E-state index contributed by atoms with van der Waals surface area (Å²) in [5.41, 5.74) is 1.07. The SMILES string of the molecule is CCCNc1nc(C(C)C)nc(NC(C)COCC)c1C. The molecule has 0 aliphatic rings. The Labute approximate surface area is 128 Å². The fourth-order valence-electron chi connectivity index (χ4n) is 1.92. The summed E-state index contributed by atoms with van der Waals surface area (Å²) in [5.74, 6) is 3.00. The van der Waals surface area contributed by atoms with Crippen molar-refractivity contribution in [2.75, 3.05) is 30.4 Å². The molecule has 1 heterocycles. The maximum Gasteiger partial charge on any atom is 0.135 e. The fourth-order valence-corrected chi connectivity index (χ4v) is 1.92. The molecule has 0 aliphatic carbocycles. The Morgan fingerprint density at radius 1 is 1.10 bits per heavy atom. The molecule has 0 amide bonds. The van der Waals surface area contributed by atoms with Gasteiger partial charge in [-0.15, -0.1) is 0 Å². The number of rotatable bonds is 9. The van der Waals surface area contributed by atoms with E-state index in [-0.39, 0.29) is 6.04 Å². The number of hydrogen-bond donors (Lipinski definition) is 2. The molecule has 120 valence electrons. The van der Waals surface area contributed by atoms with E-state index in [0.29, 0.717) is 12.5 Å². The van der Waals surface area contributed by atoms with E-state index in [2.05, 4.69) is 55.2 Å². The standard InChI is InChI=1S/C16H30N4O/c1-7-9-17-15-13(6)16(18-12(5)10-21-8-2)20-14(19-15)11(3)4/h11-12H,7-10H2,1-6H3,(H2,17,18,19,20). The van der Waals surface area contributed by atoms with Gasteiger partial charge in [0.15, 0.2) is 0 Å². The summed E-state index contributed by atoms with van der Waals surface area (Å²) < 4.78 is 5.46. The summed E-state index contributed by atoms with van der Waals surface area (Å²) in [6, 6.07) is 0.220. The summed E-state index contributed by atoms with van der Waals surface area (Å²) in [5, 5.41) is 6.83. The summed E-state index contributed by atoms with van der Waals surface area (Å²) in [6.45, 7) is 14.9. The van der Waals surface area contributed by atoms with Crippen molar-refractivity contribution in [3.8, 4) is 0 Å². The first-order valence-electron chi connectivity index (χ1n) is 7.96. The van der Waals surface area contributed by atoms with Gasteiger partial charge in [-0.05, 0) is 27.2 Å². The van der Waals surface area contributed by atoms with Gasteiger partial charge in [-0.2, -0.15) is 0 Å². The summed E-state index contributed by atoms with van der Waals surface area (Å²) in [7, 11) is 0. The second kappa shape index (κ2) is 8.82. The molecule has 0 spiro atoms. The van der Waals surface area contributed by atoms with Gasteiger partial charge in [0, 0.05) is 30.7 Å². The highest BCUT2D eigenvalue weighted by molar-refractivity contribution is 5.57. The van der Waals surface area contributed by atoms with Crippen LogP contribution in [0.4, 0.5) is 11.6 Å². The molecular weight excluding hydrogens is 264 g/mol. The molecule has 1 rings (SSSR count). The predicted octanol–water partition coefficient (Wildman–Crippen LogP) is 3.57. The Bertz CT molecular complexity index is 435.